The molecule has 1 rings (SSSR count). The zero-order valence-electron chi connectivity index (χ0n) is 5.65. The standard InChI is InChI=1S/C5H10O4.H2O/c1-3-2-8-4(6)5(7)9-3;/h3-7H,2H2,1H3;1H2. The van der Waals surface area contributed by atoms with Crippen LogP contribution in [-0.2, 0) is 9.47 Å². The lowest BCUT2D eigenvalue weighted by Gasteiger charge is -2.28. The molecule has 0 spiro atoms. The van der Waals surface area contributed by atoms with Crippen molar-refractivity contribution in [1.82, 2.24) is 0 Å². The van der Waals surface area contributed by atoms with Gasteiger partial charge in [0.2, 0.25) is 12.6 Å². The van der Waals surface area contributed by atoms with E-state index in [2.05, 4.69) is 4.74 Å². The van der Waals surface area contributed by atoms with Crippen molar-refractivity contribution in [3.8, 4) is 0 Å². The minimum absolute atomic E-state index is 0. The van der Waals surface area contributed by atoms with Gasteiger partial charge in [-0.3, -0.25) is 0 Å². The van der Waals surface area contributed by atoms with E-state index in [0.29, 0.717) is 6.61 Å². The van der Waals surface area contributed by atoms with Crippen molar-refractivity contribution < 1.29 is 25.2 Å². The SMILES string of the molecule is CC1COC(O)C(O)O1.O. The Morgan fingerprint density at radius 3 is 2.30 bits per heavy atom. The van der Waals surface area contributed by atoms with Crippen LogP contribution in [0.5, 0.6) is 0 Å². The van der Waals surface area contributed by atoms with Crippen LogP contribution in [0.15, 0.2) is 0 Å². The average Bonchev–Trinajstić information content (AvgIpc) is 1.80. The van der Waals surface area contributed by atoms with Crippen LogP contribution in [0.1, 0.15) is 6.92 Å². The summed E-state index contributed by atoms with van der Waals surface area (Å²) in [6, 6.07) is 0. The van der Waals surface area contributed by atoms with E-state index in [4.69, 9.17) is 14.9 Å². The van der Waals surface area contributed by atoms with Crippen molar-refractivity contribution in [2.24, 2.45) is 0 Å². The first-order valence-electron chi connectivity index (χ1n) is 2.83. The smallest absolute Gasteiger partial charge is 0.207 e. The molecule has 0 aliphatic carbocycles. The van der Waals surface area contributed by atoms with E-state index in [9.17, 15) is 0 Å². The van der Waals surface area contributed by atoms with Crippen molar-refractivity contribution in [3.05, 3.63) is 0 Å². The summed E-state index contributed by atoms with van der Waals surface area (Å²) in [5.74, 6) is 0. The highest BCUT2D eigenvalue weighted by Crippen LogP contribution is 2.09. The van der Waals surface area contributed by atoms with Crippen LogP contribution in [0.4, 0.5) is 0 Å². The Kier molecular flexibility index (Phi) is 3.77. The molecule has 3 unspecified atom stereocenters. The Morgan fingerprint density at radius 2 is 1.90 bits per heavy atom. The second-order valence-electron chi connectivity index (χ2n) is 2.06. The number of rotatable bonds is 0. The van der Waals surface area contributed by atoms with Gasteiger partial charge in [-0.15, -0.1) is 0 Å². The molecule has 62 valence electrons. The maximum absolute atomic E-state index is 8.75. The fraction of sp³-hybridized carbons (Fsp3) is 1.00. The molecule has 5 nitrogen and oxygen atoms in total. The number of aliphatic hydroxyl groups is 2. The molecular formula is C5H12O5. The Balaban J connectivity index is 0.000000810. The van der Waals surface area contributed by atoms with E-state index in [-0.39, 0.29) is 11.6 Å². The van der Waals surface area contributed by atoms with Gasteiger partial charge >= 0.3 is 0 Å². The summed E-state index contributed by atoms with van der Waals surface area (Å²) >= 11 is 0. The third-order valence-electron chi connectivity index (χ3n) is 1.12. The van der Waals surface area contributed by atoms with Gasteiger partial charge in [0.15, 0.2) is 0 Å². The molecule has 1 aliphatic heterocycles. The number of ether oxygens (including phenoxy) is 2. The molecule has 0 aromatic rings. The summed E-state index contributed by atoms with van der Waals surface area (Å²) in [5.41, 5.74) is 0. The molecule has 0 amide bonds. The van der Waals surface area contributed by atoms with Gasteiger partial charge in [0.25, 0.3) is 0 Å². The van der Waals surface area contributed by atoms with Gasteiger partial charge in [-0.1, -0.05) is 0 Å². The highest BCUT2D eigenvalue weighted by Gasteiger charge is 2.25. The number of hydrogen-bond acceptors (Lipinski definition) is 4. The molecule has 1 saturated heterocycles. The van der Waals surface area contributed by atoms with Crippen LogP contribution in [0.25, 0.3) is 0 Å². The van der Waals surface area contributed by atoms with Crippen LogP contribution >= 0.6 is 0 Å². The second-order valence-corrected chi connectivity index (χ2v) is 2.06. The van der Waals surface area contributed by atoms with Crippen LogP contribution in [0.3, 0.4) is 0 Å². The third-order valence-corrected chi connectivity index (χ3v) is 1.12. The lowest BCUT2D eigenvalue weighted by molar-refractivity contribution is -0.311. The maximum Gasteiger partial charge on any atom is 0.207 e. The first-order chi connectivity index (χ1) is 4.20. The van der Waals surface area contributed by atoms with Gasteiger partial charge < -0.3 is 25.2 Å². The van der Waals surface area contributed by atoms with Crippen molar-refractivity contribution in [1.29, 1.82) is 0 Å². The topological polar surface area (TPSA) is 90.4 Å². The van der Waals surface area contributed by atoms with Gasteiger partial charge in [-0.05, 0) is 6.92 Å². The molecule has 0 aromatic heterocycles. The lowest BCUT2D eigenvalue weighted by Crippen LogP contribution is -2.42. The fourth-order valence-corrected chi connectivity index (χ4v) is 0.661. The van der Waals surface area contributed by atoms with Crippen LogP contribution in [0, 0.1) is 0 Å². The third kappa shape index (κ3) is 2.20. The first kappa shape index (κ1) is 9.80. The molecule has 0 radical (unpaired) electrons. The summed E-state index contributed by atoms with van der Waals surface area (Å²) < 4.78 is 9.46. The molecule has 4 N–H and O–H groups in total. The Morgan fingerprint density at radius 1 is 1.30 bits per heavy atom. The lowest BCUT2D eigenvalue weighted by atomic mass is 10.4. The van der Waals surface area contributed by atoms with Gasteiger partial charge in [0, 0.05) is 0 Å². The van der Waals surface area contributed by atoms with Crippen LogP contribution < -0.4 is 0 Å². The zero-order chi connectivity index (χ0) is 6.85. The highest BCUT2D eigenvalue weighted by molar-refractivity contribution is 4.58. The average molecular weight is 152 g/mol. The first-order valence-corrected chi connectivity index (χ1v) is 2.83. The minimum Gasteiger partial charge on any atom is -0.412 e. The largest absolute Gasteiger partial charge is 0.412 e. The predicted molar refractivity (Wildman–Crippen MR) is 32.1 cm³/mol. The van der Waals surface area contributed by atoms with Crippen molar-refractivity contribution in [3.63, 3.8) is 0 Å². The molecule has 0 aromatic carbocycles. The molecule has 3 atom stereocenters. The second kappa shape index (κ2) is 3.85. The van der Waals surface area contributed by atoms with Crippen molar-refractivity contribution in [2.75, 3.05) is 6.61 Å². The van der Waals surface area contributed by atoms with E-state index in [1.807, 2.05) is 0 Å². The van der Waals surface area contributed by atoms with E-state index in [1.165, 1.54) is 0 Å². The van der Waals surface area contributed by atoms with Crippen molar-refractivity contribution in [2.45, 2.75) is 25.6 Å². The van der Waals surface area contributed by atoms with E-state index < -0.39 is 12.6 Å². The Hall–Kier alpha value is -0.200. The van der Waals surface area contributed by atoms with Gasteiger partial charge in [0.05, 0.1) is 12.7 Å². The molecule has 0 bridgehead atoms. The molecule has 1 fully saturated rings. The van der Waals surface area contributed by atoms with Gasteiger partial charge in [-0.2, -0.15) is 0 Å². The summed E-state index contributed by atoms with van der Waals surface area (Å²) in [6.45, 7) is 2.09. The zero-order valence-corrected chi connectivity index (χ0v) is 5.65. The fourth-order valence-electron chi connectivity index (χ4n) is 0.661. The monoisotopic (exact) mass is 152 g/mol. The number of aliphatic hydroxyl groups excluding tert-OH is 2. The molecule has 0 saturated carbocycles. The summed E-state index contributed by atoms with van der Waals surface area (Å²) in [4.78, 5) is 0. The Labute approximate surface area is 58.5 Å². The molecular weight excluding hydrogens is 140 g/mol. The highest BCUT2D eigenvalue weighted by atomic mass is 16.7. The summed E-state index contributed by atoms with van der Waals surface area (Å²) in [7, 11) is 0. The van der Waals surface area contributed by atoms with Gasteiger partial charge in [-0.25, -0.2) is 0 Å². The quantitative estimate of drug-likeness (QED) is 0.430. The summed E-state index contributed by atoms with van der Waals surface area (Å²) in [5, 5.41) is 17.4. The predicted octanol–water partition coefficient (Wildman–Crippen LogP) is -1.77. The molecule has 5 heteroatoms. The number of hydrogen-bond donors (Lipinski definition) is 2. The van der Waals surface area contributed by atoms with E-state index >= 15 is 0 Å². The van der Waals surface area contributed by atoms with E-state index in [1.54, 1.807) is 6.92 Å². The maximum atomic E-state index is 8.75. The molecule has 10 heavy (non-hydrogen) atoms. The molecule has 1 heterocycles. The van der Waals surface area contributed by atoms with E-state index in [0.717, 1.165) is 0 Å². The minimum atomic E-state index is -1.19. The van der Waals surface area contributed by atoms with Gasteiger partial charge in [0.1, 0.15) is 0 Å². The summed E-state index contributed by atoms with van der Waals surface area (Å²) in [6.07, 6.45) is -2.50. The van der Waals surface area contributed by atoms with Crippen molar-refractivity contribution >= 4 is 0 Å². The molecule has 1 aliphatic rings. The van der Waals surface area contributed by atoms with Crippen LogP contribution in [0.2, 0.25) is 0 Å². The van der Waals surface area contributed by atoms with Crippen LogP contribution in [-0.4, -0.2) is 41.0 Å². The normalized spacial score (nSPS) is 40.5. The Bertz CT molecular complexity index is 96.0.